The molecule has 108 valence electrons. The monoisotopic (exact) mass is 350 g/mol. The van der Waals surface area contributed by atoms with E-state index < -0.39 is 9.84 Å². The third kappa shape index (κ3) is 4.65. The lowest BCUT2D eigenvalue weighted by Gasteiger charge is -2.12. The summed E-state index contributed by atoms with van der Waals surface area (Å²) in [6.45, 7) is 5.68. The molecular weight excluding hydrogens is 332 g/mol. The summed E-state index contributed by atoms with van der Waals surface area (Å²) in [5, 5.41) is 2.64. The van der Waals surface area contributed by atoms with Gasteiger partial charge in [-0.15, -0.1) is 0 Å². The summed E-state index contributed by atoms with van der Waals surface area (Å²) < 4.78 is 25.3. The normalized spacial score (nSPS) is 11.8. The van der Waals surface area contributed by atoms with Crippen LogP contribution in [0.1, 0.15) is 37.3 Å². The summed E-state index contributed by atoms with van der Waals surface area (Å²) >= 11 is 3.33. The zero-order valence-corrected chi connectivity index (χ0v) is 13.7. The Labute approximate surface area is 122 Å². The van der Waals surface area contributed by atoms with Crippen molar-refractivity contribution in [2.45, 2.75) is 26.8 Å². The van der Waals surface area contributed by atoms with Gasteiger partial charge in [-0.25, -0.2) is 8.42 Å². The number of sulfone groups is 1. The molecule has 1 aromatic rings. The van der Waals surface area contributed by atoms with E-state index in [0.29, 0.717) is 5.69 Å². The Hall–Kier alpha value is -0.820. The summed E-state index contributed by atoms with van der Waals surface area (Å²) in [6.07, 6.45) is 1.84. The first kappa shape index (κ1) is 16.2. The van der Waals surface area contributed by atoms with E-state index in [1.807, 2.05) is 24.6 Å². The lowest BCUT2D eigenvalue weighted by molar-refractivity contribution is 0.0945. The smallest absolute Gasteiger partial charge is 0.267 e. The fourth-order valence-corrected chi connectivity index (χ4v) is 2.75. The number of halogens is 1. The van der Waals surface area contributed by atoms with Gasteiger partial charge in [0.1, 0.15) is 5.69 Å². The van der Waals surface area contributed by atoms with Crippen LogP contribution in [0.3, 0.4) is 0 Å². The molecule has 0 aromatic carbocycles. The van der Waals surface area contributed by atoms with Crippen molar-refractivity contribution in [3.63, 3.8) is 0 Å². The molecule has 1 heterocycles. The first-order valence-corrected chi connectivity index (χ1v) is 8.74. The topological polar surface area (TPSA) is 68.2 Å². The highest BCUT2D eigenvalue weighted by Crippen LogP contribution is 2.19. The van der Waals surface area contributed by atoms with Gasteiger partial charge >= 0.3 is 0 Å². The van der Waals surface area contributed by atoms with Gasteiger partial charge in [0.2, 0.25) is 0 Å². The molecule has 0 aliphatic rings. The van der Waals surface area contributed by atoms with E-state index in [1.54, 1.807) is 13.0 Å². The Morgan fingerprint density at radius 2 is 2.11 bits per heavy atom. The standard InChI is InChI=1S/C12H19BrN2O3S/c1-4-19(17,18)6-5-14-12(16)11-7-10(13)8-15(11)9(2)3/h7-9H,4-6H2,1-3H3,(H,14,16). The van der Waals surface area contributed by atoms with Crippen molar-refractivity contribution in [3.8, 4) is 0 Å². The second kappa shape index (κ2) is 6.56. The van der Waals surface area contributed by atoms with Gasteiger partial charge in [-0.05, 0) is 35.8 Å². The lowest BCUT2D eigenvalue weighted by Crippen LogP contribution is -2.31. The molecule has 0 unspecified atom stereocenters. The molecule has 0 aliphatic heterocycles. The Balaban J connectivity index is 2.69. The third-order valence-corrected chi connectivity index (χ3v) is 4.88. The molecule has 1 amide bonds. The molecule has 0 fully saturated rings. The van der Waals surface area contributed by atoms with E-state index in [4.69, 9.17) is 0 Å². The Kier molecular flexibility index (Phi) is 5.61. The summed E-state index contributed by atoms with van der Waals surface area (Å²) in [6, 6.07) is 1.88. The average Bonchev–Trinajstić information content (AvgIpc) is 2.71. The van der Waals surface area contributed by atoms with Gasteiger partial charge in [0, 0.05) is 29.0 Å². The van der Waals surface area contributed by atoms with E-state index >= 15 is 0 Å². The quantitative estimate of drug-likeness (QED) is 0.852. The van der Waals surface area contributed by atoms with Crippen LogP contribution >= 0.6 is 15.9 Å². The van der Waals surface area contributed by atoms with Gasteiger partial charge in [-0.2, -0.15) is 0 Å². The number of rotatable bonds is 6. The Morgan fingerprint density at radius 3 is 2.63 bits per heavy atom. The first-order chi connectivity index (χ1) is 8.76. The second-order valence-corrected chi connectivity index (χ2v) is 7.93. The van der Waals surface area contributed by atoms with Crippen molar-refractivity contribution >= 4 is 31.7 Å². The third-order valence-electron chi connectivity index (χ3n) is 2.74. The summed E-state index contributed by atoms with van der Waals surface area (Å²) in [7, 11) is -3.05. The predicted octanol–water partition coefficient (Wildman–Crippen LogP) is 2.00. The maximum absolute atomic E-state index is 12.0. The maximum atomic E-state index is 12.0. The van der Waals surface area contributed by atoms with Crippen molar-refractivity contribution < 1.29 is 13.2 Å². The molecular formula is C12H19BrN2O3S. The molecule has 0 radical (unpaired) electrons. The van der Waals surface area contributed by atoms with Crippen molar-refractivity contribution in [1.82, 2.24) is 9.88 Å². The predicted molar refractivity (Wildman–Crippen MR) is 79.2 cm³/mol. The fraction of sp³-hybridized carbons (Fsp3) is 0.583. The Morgan fingerprint density at radius 1 is 1.47 bits per heavy atom. The minimum atomic E-state index is -3.05. The van der Waals surface area contributed by atoms with Crippen LogP contribution in [0.25, 0.3) is 0 Å². The van der Waals surface area contributed by atoms with Gasteiger partial charge in [0.15, 0.2) is 9.84 Å². The molecule has 7 heteroatoms. The lowest BCUT2D eigenvalue weighted by atomic mass is 10.3. The fourth-order valence-electron chi connectivity index (χ4n) is 1.61. The zero-order chi connectivity index (χ0) is 14.6. The number of hydrogen-bond donors (Lipinski definition) is 1. The van der Waals surface area contributed by atoms with E-state index in [-0.39, 0.29) is 30.0 Å². The van der Waals surface area contributed by atoms with Gasteiger partial charge < -0.3 is 9.88 Å². The second-order valence-electron chi connectivity index (χ2n) is 4.54. The zero-order valence-electron chi connectivity index (χ0n) is 11.3. The first-order valence-electron chi connectivity index (χ1n) is 6.13. The van der Waals surface area contributed by atoms with Crippen molar-refractivity contribution in [2.24, 2.45) is 0 Å². The SMILES string of the molecule is CCS(=O)(=O)CCNC(=O)c1cc(Br)cn1C(C)C. The maximum Gasteiger partial charge on any atom is 0.267 e. The minimum Gasteiger partial charge on any atom is -0.350 e. The molecule has 19 heavy (non-hydrogen) atoms. The molecule has 1 N–H and O–H groups in total. The van der Waals surface area contributed by atoms with Crippen LogP contribution < -0.4 is 5.32 Å². The molecule has 0 spiro atoms. The largest absolute Gasteiger partial charge is 0.350 e. The molecule has 5 nitrogen and oxygen atoms in total. The van der Waals surface area contributed by atoms with Crippen molar-refractivity contribution in [3.05, 3.63) is 22.4 Å². The van der Waals surface area contributed by atoms with Crippen LogP contribution in [-0.4, -0.2) is 36.9 Å². The summed E-state index contributed by atoms with van der Waals surface area (Å²) in [5.74, 6) is -0.194. The van der Waals surface area contributed by atoms with Crippen LogP contribution in [0.15, 0.2) is 16.7 Å². The highest BCUT2D eigenvalue weighted by molar-refractivity contribution is 9.10. The highest BCUT2D eigenvalue weighted by Gasteiger charge is 2.15. The van der Waals surface area contributed by atoms with Crippen LogP contribution in [0.5, 0.6) is 0 Å². The molecule has 1 rings (SSSR count). The van der Waals surface area contributed by atoms with Gasteiger partial charge in [0.05, 0.1) is 5.75 Å². The van der Waals surface area contributed by atoms with Crippen molar-refractivity contribution in [1.29, 1.82) is 0 Å². The Bertz CT molecular complexity index is 549. The number of carbonyl (C=O) groups is 1. The summed E-state index contributed by atoms with van der Waals surface area (Å²) in [4.78, 5) is 12.0. The highest BCUT2D eigenvalue weighted by atomic mass is 79.9. The molecule has 0 bridgehead atoms. The van der Waals surface area contributed by atoms with Gasteiger partial charge in [-0.1, -0.05) is 6.92 Å². The van der Waals surface area contributed by atoms with E-state index in [9.17, 15) is 13.2 Å². The number of carbonyl (C=O) groups excluding carboxylic acids is 1. The number of hydrogen-bond acceptors (Lipinski definition) is 3. The number of nitrogens with one attached hydrogen (secondary N) is 1. The van der Waals surface area contributed by atoms with E-state index in [0.717, 1.165) is 4.47 Å². The summed E-state index contributed by atoms with van der Waals surface area (Å²) in [5.41, 5.74) is 0.524. The van der Waals surface area contributed by atoms with E-state index in [2.05, 4.69) is 21.2 Å². The van der Waals surface area contributed by atoms with Gasteiger partial charge in [0.25, 0.3) is 5.91 Å². The molecule has 0 saturated heterocycles. The number of nitrogens with zero attached hydrogens (tertiary/aromatic N) is 1. The molecule has 0 saturated carbocycles. The minimum absolute atomic E-state index is 0.0290. The van der Waals surface area contributed by atoms with Crippen molar-refractivity contribution in [2.75, 3.05) is 18.1 Å². The van der Waals surface area contributed by atoms with Crippen LogP contribution in [-0.2, 0) is 9.84 Å². The van der Waals surface area contributed by atoms with Crippen LogP contribution in [0.2, 0.25) is 0 Å². The number of amides is 1. The molecule has 0 atom stereocenters. The van der Waals surface area contributed by atoms with Crippen LogP contribution in [0, 0.1) is 0 Å². The average molecular weight is 351 g/mol. The van der Waals surface area contributed by atoms with Gasteiger partial charge in [-0.3, -0.25) is 4.79 Å². The number of aromatic nitrogens is 1. The molecule has 0 aliphatic carbocycles. The molecule has 1 aromatic heterocycles. The van der Waals surface area contributed by atoms with E-state index in [1.165, 1.54) is 0 Å². The van der Waals surface area contributed by atoms with Crippen LogP contribution in [0.4, 0.5) is 0 Å².